The van der Waals surface area contributed by atoms with Gasteiger partial charge in [-0.25, -0.2) is 13.2 Å². The van der Waals surface area contributed by atoms with Crippen LogP contribution in [0.1, 0.15) is 5.56 Å². The van der Waals surface area contributed by atoms with Crippen LogP contribution >= 0.6 is 0 Å². The van der Waals surface area contributed by atoms with Crippen LogP contribution in [0.25, 0.3) is 0 Å². The van der Waals surface area contributed by atoms with E-state index in [4.69, 9.17) is 9.84 Å². The fraction of sp³-hybridized carbons (Fsp3) is 0.238. The summed E-state index contributed by atoms with van der Waals surface area (Å²) in [5.74, 6) is -1.07. The van der Waals surface area contributed by atoms with Crippen LogP contribution in [0.2, 0.25) is 0 Å². The summed E-state index contributed by atoms with van der Waals surface area (Å²) in [5, 5.41) is 12.0. The Morgan fingerprint density at radius 2 is 1.71 bits per heavy atom. The summed E-state index contributed by atoms with van der Waals surface area (Å²) in [7, 11) is -2.51. The number of methoxy groups -OCH3 is 1. The van der Waals surface area contributed by atoms with Crippen molar-refractivity contribution in [3.63, 3.8) is 0 Å². The third-order valence-electron chi connectivity index (χ3n) is 4.69. The van der Waals surface area contributed by atoms with Gasteiger partial charge in [-0.3, -0.25) is 9.52 Å². The van der Waals surface area contributed by atoms with Gasteiger partial charge < -0.3 is 20.1 Å². The lowest BCUT2D eigenvalue weighted by atomic mass is 10.2. The highest BCUT2D eigenvalue weighted by molar-refractivity contribution is 7.92. The molecule has 9 nitrogen and oxygen atoms in total. The van der Waals surface area contributed by atoms with Crippen molar-refractivity contribution in [1.82, 2.24) is 4.90 Å². The van der Waals surface area contributed by atoms with Crippen LogP contribution in [0.15, 0.2) is 64.7 Å². The van der Waals surface area contributed by atoms with Crippen molar-refractivity contribution < 1.29 is 27.9 Å². The molecule has 1 aliphatic heterocycles. The molecule has 31 heavy (non-hydrogen) atoms. The number of sulfonamides is 1. The van der Waals surface area contributed by atoms with Crippen LogP contribution in [0.3, 0.4) is 0 Å². The lowest BCUT2D eigenvalue weighted by Gasteiger charge is -2.15. The molecule has 1 aliphatic rings. The van der Waals surface area contributed by atoms with E-state index >= 15 is 0 Å². The van der Waals surface area contributed by atoms with E-state index in [2.05, 4.69) is 10.0 Å². The van der Waals surface area contributed by atoms with Gasteiger partial charge in [0, 0.05) is 17.9 Å². The Bertz CT molecular complexity index is 1110. The minimum Gasteiger partial charge on any atom is -0.466 e. The molecule has 2 aromatic carbocycles. The lowest BCUT2D eigenvalue weighted by molar-refractivity contribution is -0.136. The van der Waals surface area contributed by atoms with Crippen LogP contribution in [0.5, 0.6) is 0 Å². The summed E-state index contributed by atoms with van der Waals surface area (Å²) >= 11 is 0. The topological polar surface area (TPSA) is 125 Å². The van der Waals surface area contributed by atoms with E-state index in [1.807, 2.05) is 6.92 Å². The number of carbonyl (C=O) groups is 2. The number of ether oxygens (including phenoxy) is 1. The van der Waals surface area contributed by atoms with Gasteiger partial charge in [0.1, 0.15) is 5.70 Å². The maximum Gasteiger partial charge on any atom is 0.337 e. The van der Waals surface area contributed by atoms with Crippen molar-refractivity contribution in [2.24, 2.45) is 0 Å². The van der Waals surface area contributed by atoms with Gasteiger partial charge in [-0.05, 0) is 43.3 Å². The molecule has 3 rings (SSSR count). The minimum absolute atomic E-state index is 0.0306. The molecule has 0 saturated carbocycles. The van der Waals surface area contributed by atoms with Crippen LogP contribution < -0.4 is 10.0 Å². The number of anilines is 2. The second-order valence-electron chi connectivity index (χ2n) is 6.92. The number of carbonyl (C=O) groups excluding carboxylic acids is 2. The molecule has 1 heterocycles. The molecule has 164 valence electrons. The summed E-state index contributed by atoms with van der Waals surface area (Å²) in [6.45, 7) is 1.76. The highest BCUT2D eigenvalue weighted by atomic mass is 32.2. The van der Waals surface area contributed by atoms with E-state index in [1.165, 1.54) is 36.3 Å². The molecule has 0 atom stereocenters. The van der Waals surface area contributed by atoms with Crippen LogP contribution in [-0.4, -0.2) is 57.1 Å². The quantitative estimate of drug-likeness (QED) is 0.526. The minimum atomic E-state index is -3.74. The predicted octanol–water partition coefficient (Wildman–Crippen LogP) is 1.47. The van der Waals surface area contributed by atoms with E-state index in [9.17, 15) is 18.0 Å². The number of hydrogen-bond donors (Lipinski definition) is 3. The zero-order chi connectivity index (χ0) is 22.6. The number of aliphatic hydroxyl groups is 1. The summed E-state index contributed by atoms with van der Waals surface area (Å²) in [6, 6.07) is 12.7. The smallest absolute Gasteiger partial charge is 0.337 e. The molecule has 0 fully saturated rings. The van der Waals surface area contributed by atoms with Crippen molar-refractivity contribution in [2.75, 3.05) is 36.8 Å². The number of benzene rings is 2. The van der Waals surface area contributed by atoms with Gasteiger partial charge in [-0.2, -0.15) is 0 Å². The number of β-amino-alcohol motifs (C(OH)–C–C–N with tert-alkyl or cyclic N) is 1. The summed E-state index contributed by atoms with van der Waals surface area (Å²) in [4.78, 5) is 26.1. The van der Waals surface area contributed by atoms with Crippen LogP contribution in [-0.2, 0) is 24.3 Å². The molecule has 0 aromatic heterocycles. The molecule has 0 unspecified atom stereocenters. The van der Waals surface area contributed by atoms with Gasteiger partial charge in [-0.1, -0.05) is 17.7 Å². The molecule has 2 aromatic rings. The standard InChI is InChI=1S/C21H23N3O6S/c1-14-3-9-17(10-4-14)31(28,29)23-16-7-5-15(6-8-16)22-19-18(21(27)30-2)13-24(11-12-25)20(19)26/h3-10,22-23,25H,11-13H2,1-2H3. The highest BCUT2D eigenvalue weighted by Crippen LogP contribution is 2.24. The second kappa shape index (κ2) is 9.19. The first kappa shape index (κ1) is 22.3. The molecule has 1 amide bonds. The van der Waals surface area contributed by atoms with Crippen LogP contribution in [0, 0.1) is 6.92 Å². The van der Waals surface area contributed by atoms with Gasteiger partial charge in [0.15, 0.2) is 0 Å². The van der Waals surface area contributed by atoms with Gasteiger partial charge in [0.25, 0.3) is 15.9 Å². The first-order valence-corrected chi connectivity index (χ1v) is 10.9. The molecule has 0 saturated heterocycles. The van der Waals surface area contributed by atoms with Crippen molar-refractivity contribution in [1.29, 1.82) is 0 Å². The average molecular weight is 445 g/mol. The van der Waals surface area contributed by atoms with Gasteiger partial charge in [0.2, 0.25) is 0 Å². The molecule has 0 radical (unpaired) electrons. The molecule has 3 N–H and O–H groups in total. The first-order valence-electron chi connectivity index (χ1n) is 9.43. The van der Waals surface area contributed by atoms with Crippen LogP contribution in [0.4, 0.5) is 11.4 Å². The van der Waals surface area contributed by atoms with Gasteiger partial charge >= 0.3 is 5.97 Å². The Hall–Kier alpha value is -3.37. The zero-order valence-electron chi connectivity index (χ0n) is 17.1. The number of hydrogen-bond acceptors (Lipinski definition) is 7. The SMILES string of the molecule is COC(=O)C1=C(Nc2ccc(NS(=O)(=O)c3ccc(C)cc3)cc2)C(=O)N(CCO)C1. The third-order valence-corrected chi connectivity index (χ3v) is 6.09. The third kappa shape index (κ3) is 5.04. The van der Waals surface area contributed by atoms with Crippen molar-refractivity contribution in [3.8, 4) is 0 Å². The summed E-state index contributed by atoms with van der Waals surface area (Å²) in [6.07, 6.45) is 0. The van der Waals surface area contributed by atoms with Crippen molar-refractivity contribution in [3.05, 3.63) is 65.4 Å². The van der Waals surface area contributed by atoms with E-state index in [1.54, 1.807) is 24.3 Å². The zero-order valence-corrected chi connectivity index (χ0v) is 17.9. The molecular weight excluding hydrogens is 422 g/mol. The number of nitrogens with one attached hydrogen (secondary N) is 2. The fourth-order valence-electron chi connectivity index (χ4n) is 3.05. The highest BCUT2D eigenvalue weighted by Gasteiger charge is 2.34. The van der Waals surface area contributed by atoms with E-state index < -0.39 is 21.9 Å². The number of aryl methyl sites for hydroxylation is 1. The average Bonchev–Trinajstić information content (AvgIpc) is 3.05. The molecule has 10 heteroatoms. The molecular formula is C21H23N3O6S. The molecule has 0 spiro atoms. The van der Waals surface area contributed by atoms with Gasteiger partial charge in [-0.15, -0.1) is 0 Å². The number of aliphatic hydroxyl groups excluding tert-OH is 1. The second-order valence-corrected chi connectivity index (χ2v) is 8.60. The summed E-state index contributed by atoms with van der Waals surface area (Å²) < 4.78 is 32.3. The largest absolute Gasteiger partial charge is 0.466 e. The Balaban J connectivity index is 1.77. The predicted molar refractivity (Wildman–Crippen MR) is 115 cm³/mol. The Kier molecular flexibility index (Phi) is 6.62. The van der Waals surface area contributed by atoms with Crippen molar-refractivity contribution >= 4 is 33.3 Å². The Morgan fingerprint density at radius 1 is 1.10 bits per heavy atom. The number of esters is 1. The first-order chi connectivity index (χ1) is 14.7. The number of nitrogens with zero attached hydrogens (tertiary/aromatic N) is 1. The fourth-order valence-corrected chi connectivity index (χ4v) is 4.11. The van der Waals surface area contributed by atoms with Gasteiger partial charge in [0.05, 0.1) is 30.7 Å². The Morgan fingerprint density at radius 3 is 2.29 bits per heavy atom. The molecule has 0 aliphatic carbocycles. The monoisotopic (exact) mass is 445 g/mol. The maximum absolute atomic E-state index is 12.6. The number of rotatable bonds is 8. The van der Waals surface area contributed by atoms with E-state index in [0.717, 1.165) is 5.56 Å². The normalized spacial score (nSPS) is 14.0. The number of amides is 1. The van der Waals surface area contributed by atoms with Crippen molar-refractivity contribution in [2.45, 2.75) is 11.8 Å². The van der Waals surface area contributed by atoms with E-state index in [0.29, 0.717) is 11.4 Å². The maximum atomic E-state index is 12.6. The Labute approximate surface area is 180 Å². The summed E-state index contributed by atoms with van der Waals surface area (Å²) in [5.41, 5.74) is 1.99. The lowest BCUT2D eigenvalue weighted by Crippen LogP contribution is -2.31. The molecule has 0 bridgehead atoms. The van der Waals surface area contributed by atoms with E-state index in [-0.39, 0.29) is 35.9 Å².